The van der Waals surface area contributed by atoms with Gasteiger partial charge in [0.2, 0.25) is 0 Å². The van der Waals surface area contributed by atoms with Gasteiger partial charge in [0.15, 0.2) is 0 Å². The highest BCUT2D eigenvalue weighted by Crippen LogP contribution is 2.36. The highest BCUT2D eigenvalue weighted by molar-refractivity contribution is 9.10. The van der Waals surface area contributed by atoms with Crippen LogP contribution in [0.25, 0.3) is 0 Å². The van der Waals surface area contributed by atoms with E-state index in [2.05, 4.69) is 35.0 Å². The van der Waals surface area contributed by atoms with Crippen molar-refractivity contribution in [1.82, 2.24) is 4.90 Å². The van der Waals surface area contributed by atoms with Crippen LogP contribution in [-0.2, 0) is 9.47 Å². The highest BCUT2D eigenvalue weighted by Gasteiger charge is 2.38. The molecular weight excluding hydrogens is 358 g/mol. The molecule has 23 heavy (non-hydrogen) atoms. The molecule has 1 aromatic carbocycles. The van der Waals surface area contributed by atoms with Crippen LogP contribution in [-0.4, -0.2) is 36.4 Å². The number of hydrogen-bond donors (Lipinski definition) is 0. The lowest BCUT2D eigenvalue weighted by Gasteiger charge is -2.43. The van der Waals surface area contributed by atoms with Crippen LogP contribution >= 0.6 is 15.9 Å². The van der Waals surface area contributed by atoms with Crippen molar-refractivity contribution in [3.63, 3.8) is 0 Å². The van der Waals surface area contributed by atoms with Gasteiger partial charge in [-0.15, -0.1) is 0 Å². The molecule has 0 N–H and O–H groups in total. The van der Waals surface area contributed by atoms with E-state index in [1.54, 1.807) is 7.11 Å². The Morgan fingerprint density at radius 2 is 2.04 bits per heavy atom. The molecule has 0 aliphatic carbocycles. The molecule has 1 aliphatic rings. The molecule has 1 heterocycles. The number of hydrogen-bond acceptors (Lipinski definition) is 3. The molecule has 1 aliphatic heterocycles. The second-order valence-electron chi connectivity index (χ2n) is 7.19. The lowest BCUT2D eigenvalue weighted by atomic mass is 9.87. The van der Waals surface area contributed by atoms with Gasteiger partial charge in [-0.1, -0.05) is 35.0 Å². The molecule has 3 unspecified atom stereocenters. The first-order chi connectivity index (χ1) is 10.7. The molecule has 0 aromatic heterocycles. The Hall–Kier alpha value is -1.07. The Balaban J connectivity index is 2.30. The zero-order valence-electron chi connectivity index (χ0n) is 14.5. The van der Waals surface area contributed by atoms with Crippen molar-refractivity contribution < 1.29 is 14.3 Å². The Kier molecular flexibility index (Phi) is 5.74. The topological polar surface area (TPSA) is 38.8 Å². The third-order valence-electron chi connectivity index (χ3n) is 4.12. The van der Waals surface area contributed by atoms with Gasteiger partial charge in [-0.25, -0.2) is 4.79 Å². The molecule has 5 heteroatoms. The van der Waals surface area contributed by atoms with Gasteiger partial charge < -0.3 is 14.4 Å². The Morgan fingerprint density at radius 1 is 1.35 bits per heavy atom. The number of halogens is 1. The number of carbonyl (C=O) groups excluding carboxylic acids is 1. The second kappa shape index (κ2) is 7.22. The number of benzene rings is 1. The first-order valence-corrected chi connectivity index (χ1v) is 8.78. The van der Waals surface area contributed by atoms with Gasteiger partial charge in [-0.3, -0.25) is 0 Å². The molecule has 1 amide bonds. The van der Waals surface area contributed by atoms with Crippen LogP contribution < -0.4 is 0 Å². The maximum atomic E-state index is 12.7. The SMILES string of the molecule is COC1CC(c2cccc(Br)c2)N(C(=O)OC(C)(C)C)CC1C. The standard InChI is InChI=1S/C18H26BrNO3/c1-12-11-20(17(21)23-18(2,3)4)15(10-16(12)22-5)13-7-6-8-14(19)9-13/h6-9,12,15-16H,10-11H2,1-5H3. The van der Waals surface area contributed by atoms with E-state index in [4.69, 9.17) is 9.47 Å². The van der Waals surface area contributed by atoms with Gasteiger partial charge in [0.05, 0.1) is 12.1 Å². The van der Waals surface area contributed by atoms with Gasteiger partial charge in [-0.05, 0) is 44.9 Å². The molecule has 4 nitrogen and oxygen atoms in total. The molecule has 1 aromatic rings. The van der Waals surface area contributed by atoms with Crippen molar-refractivity contribution in [3.05, 3.63) is 34.3 Å². The molecule has 0 spiro atoms. The maximum Gasteiger partial charge on any atom is 0.410 e. The van der Waals surface area contributed by atoms with Crippen molar-refractivity contribution in [2.24, 2.45) is 5.92 Å². The average Bonchev–Trinajstić information content (AvgIpc) is 2.45. The van der Waals surface area contributed by atoms with Gasteiger partial charge in [0.1, 0.15) is 5.60 Å². The van der Waals surface area contributed by atoms with Crippen LogP contribution in [0.4, 0.5) is 4.79 Å². The summed E-state index contributed by atoms with van der Waals surface area (Å²) in [5.41, 5.74) is 0.597. The van der Waals surface area contributed by atoms with Crippen LogP contribution in [0.2, 0.25) is 0 Å². The molecule has 0 radical (unpaired) electrons. The van der Waals surface area contributed by atoms with Crippen LogP contribution in [0.15, 0.2) is 28.7 Å². The Morgan fingerprint density at radius 3 is 2.61 bits per heavy atom. The summed E-state index contributed by atoms with van der Waals surface area (Å²) in [4.78, 5) is 14.5. The first-order valence-electron chi connectivity index (χ1n) is 7.99. The quantitative estimate of drug-likeness (QED) is 0.737. The number of amides is 1. The molecule has 2 rings (SSSR count). The predicted molar refractivity (Wildman–Crippen MR) is 94.4 cm³/mol. The van der Waals surface area contributed by atoms with E-state index in [-0.39, 0.29) is 24.2 Å². The minimum Gasteiger partial charge on any atom is -0.444 e. The van der Waals surface area contributed by atoms with Crippen LogP contribution in [0.1, 0.15) is 45.7 Å². The fourth-order valence-corrected chi connectivity index (χ4v) is 3.43. The van der Waals surface area contributed by atoms with E-state index in [9.17, 15) is 4.79 Å². The molecule has 128 valence electrons. The monoisotopic (exact) mass is 383 g/mol. The van der Waals surface area contributed by atoms with Gasteiger partial charge >= 0.3 is 6.09 Å². The highest BCUT2D eigenvalue weighted by atomic mass is 79.9. The Bertz CT molecular complexity index is 555. The first kappa shape index (κ1) is 18.3. The van der Waals surface area contributed by atoms with Gasteiger partial charge in [-0.2, -0.15) is 0 Å². The third-order valence-corrected chi connectivity index (χ3v) is 4.61. The summed E-state index contributed by atoms with van der Waals surface area (Å²) in [5.74, 6) is 0.274. The van der Waals surface area contributed by atoms with E-state index in [1.807, 2.05) is 37.8 Å². The summed E-state index contributed by atoms with van der Waals surface area (Å²) >= 11 is 3.51. The zero-order valence-corrected chi connectivity index (χ0v) is 16.1. The zero-order chi connectivity index (χ0) is 17.2. The van der Waals surface area contributed by atoms with E-state index in [0.717, 1.165) is 16.5 Å². The maximum absolute atomic E-state index is 12.7. The predicted octanol–water partition coefficient (Wildman–Crippen LogP) is 4.78. The molecule has 1 saturated heterocycles. The molecule has 1 fully saturated rings. The summed E-state index contributed by atoms with van der Waals surface area (Å²) in [6, 6.07) is 8.05. The lowest BCUT2D eigenvalue weighted by molar-refractivity contribution is -0.0416. The number of likely N-dealkylation sites (tertiary alicyclic amines) is 1. The van der Waals surface area contributed by atoms with Crippen molar-refractivity contribution in [2.45, 2.75) is 51.9 Å². The summed E-state index contributed by atoms with van der Waals surface area (Å²) < 4.78 is 12.2. The minimum absolute atomic E-state index is 0.0384. The summed E-state index contributed by atoms with van der Waals surface area (Å²) in [5, 5.41) is 0. The fraction of sp³-hybridized carbons (Fsp3) is 0.611. The van der Waals surface area contributed by atoms with Crippen LogP contribution in [0, 0.1) is 5.92 Å². The number of piperidine rings is 1. The number of rotatable bonds is 2. The summed E-state index contributed by atoms with van der Waals surface area (Å²) in [7, 11) is 1.74. The van der Waals surface area contributed by atoms with Crippen LogP contribution in [0.3, 0.4) is 0 Å². The largest absolute Gasteiger partial charge is 0.444 e. The Labute approximate surface area is 147 Å². The van der Waals surface area contributed by atoms with Crippen molar-refractivity contribution in [2.75, 3.05) is 13.7 Å². The molecule has 0 bridgehead atoms. The number of nitrogens with zero attached hydrogens (tertiary/aromatic N) is 1. The fourth-order valence-electron chi connectivity index (χ4n) is 3.02. The molecule has 3 atom stereocenters. The van der Waals surface area contributed by atoms with Crippen molar-refractivity contribution in [1.29, 1.82) is 0 Å². The van der Waals surface area contributed by atoms with Gasteiger partial charge in [0, 0.05) is 24.0 Å². The minimum atomic E-state index is -0.500. The number of ether oxygens (including phenoxy) is 2. The van der Waals surface area contributed by atoms with E-state index in [0.29, 0.717) is 6.54 Å². The van der Waals surface area contributed by atoms with E-state index >= 15 is 0 Å². The lowest BCUT2D eigenvalue weighted by Crippen LogP contribution is -2.49. The van der Waals surface area contributed by atoms with Crippen LogP contribution in [0.5, 0.6) is 0 Å². The second-order valence-corrected chi connectivity index (χ2v) is 8.11. The average molecular weight is 384 g/mol. The summed E-state index contributed by atoms with van der Waals surface area (Å²) in [6.07, 6.45) is 0.648. The van der Waals surface area contributed by atoms with E-state index in [1.165, 1.54) is 0 Å². The third kappa shape index (κ3) is 4.70. The molecule has 0 saturated carbocycles. The van der Waals surface area contributed by atoms with E-state index < -0.39 is 5.60 Å². The number of methoxy groups -OCH3 is 1. The van der Waals surface area contributed by atoms with Crippen molar-refractivity contribution in [3.8, 4) is 0 Å². The smallest absolute Gasteiger partial charge is 0.410 e. The number of carbonyl (C=O) groups is 1. The normalized spacial score (nSPS) is 25.3. The van der Waals surface area contributed by atoms with Crippen molar-refractivity contribution >= 4 is 22.0 Å². The molecular formula is C18H26BrNO3. The summed E-state index contributed by atoms with van der Waals surface area (Å²) in [6.45, 7) is 8.42. The van der Waals surface area contributed by atoms with Gasteiger partial charge in [0.25, 0.3) is 0 Å².